The molecule has 2 heterocycles. The molecule has 0 unspecified atom stereocenters. The van der Waals surface area contributed by atoms with E-state index >= 15 is 0 Å². The van der Waals surface area contributed by atoms with E-state index in [2.05, 4.69) is 4.98 Å². The predicted molar refractivity (Wildman–Crippen MR) is 88.0 cm³/mol. The van der Waals surface area contributed by atoms with Crippen LogP contribution < -0.4 is 5.43 Å². The summed E-state index contributed by atoms with van der Waals surface area (Å²) in [5.74, 6) is 0.537. The molecule has 2 aromatic heterocycles. The normalized spacial score (nSPS) is 11.1. The number of pyridine rings is 1. The number of hydrogen-bond acceptors (Lipinski definition) is 3. The molecule has 3 nitrogen and oxygen atoms in total. The monoisotopic (exact) mass is 287 g/mol. The van der Waals surface area contributed by atoms with Crippen LogP contribution in [-0.2, 0) is 0 Å². The largest absolute Gasteiger partial charge is 0.454 e. The fourth-order valence-corrected chi connectivity index (χ4v) is 2.69. The lowest BCUT2D eigenvalue weighted by atomic mass is 10.1. The minimum atomic E-state index is -0.00758. The van der Waals surface area contributed by atoms with E-state index in [1.165, 1.54) is 0 Å². The van der Waals surface area contributed by atoms with Gasteiger partial charge in [-0.2, -0.15) is 0 Å². The van der Waals surface area contributed by atoms with Crippen molar-refractivity contribution in [3.63, 3.8) is 0 Å². The van der Waals surface area contributed by atoms with Gasteiger partial charge in [0.05, 0.1) is 5.39 Å². The van der Waals surface area contributed by atoms with Crippen molar-refractivity contribution in [3.8, 4) is 11.5 Å². The third-order valence-electron chi connectivity index (χ3n) is 3.89. The summed E-state index contributed by atoms with van der Waals surface area (Å²) >= 11 is 0. The lowest BCUT2D eigenvalue weighted by molar-refractivity contribution is 0.611. The zero-order valence-corrected chi connectivity index (χ0v) is 12.0. The zero-order valence-electron chi connectivity index (χ0n) is 12.0. The van der Waals surface area contributed by atoms with Crippen LogP contribution in [0, 0.1) is 6.92 Å². The fraction of sp³-hybridized carbons (Fsp3) is 0.0526. The van der Waals surface area contributed by atoms with E-state index in [-0.39, 0.29) is 5.43 Å². The SMILES string of the molecule is Cc1c(-c2cc3ccccc3cn2)oc2ccccc2c1=O. The van der Waals surface area contributed by atoms with Gasteiger partial charge in [0.25, 0.3) is 0 Å². The summed E-state index contributed by atoms with van der Waals surface area (Å²) in [7, 11) is 0. The Bertz CT molecular complexity index is 1060. The number of fused-ring (bicyclic) bond motifs is 2. The minimum Gasteiger partial charge on any atom is -0.454 e. The molecule has 0 N–H and O–H groups in total. The number of hydrogen-bond donors (Lipinski definition) is 0. The Balaban J connectivity index is 2.03. The van der Waals surface area contributed by atoms with Gasteiger partial charge in [-0.05, 0) is 30.5 Å². The molecule has 3 heteroatoms. The summed E-state index contributed by atoms with van der Waals surface area (Å²) < 4.78 is 5.95. The second kappa shape index (κ2) is 4.81. The maximum Gasteiger partial charge on any atom is 0.196 e. The average Bonchev–Trinajstić information content (AvgIpc) is 2.58. The van der Waals surface area contributed by atoms with E-state index in [0.29, 0.717) is 28.0 Å². The standard InChI is InChI=1S/C19H13NO2/c1-12-18(21)15-8-4-5-9-17(15)22-19(12)16-10-13-6-2-3-7-14(13)11-20-16/h2-11H,1H3. The number of para-hydroxylation sites is 1. The molecule has 0 spiro atoms. The van der Waals surface area contributed by atoms with Crippen molar-refractivity contribution in [1.82, 2.24) is 4.98 Å². The number of aromatic nitrogens is 1. The van der Waals surface area contributed by atoms with Gasteiger partial charge in [-0.1, -0.05) is 36.4 Å². The Morgan fingerprint density at radius 2 is 1.68 bits per heavy atom. The molecular formula is C19H13NO2. The third kappa shape index (κ3) is 1.91. The second-order valence-corrected chi connectivity index (χ2v) is 5.30. The highest BCUT2D eigenvalue weighted by atomic mass is 16.3. The topological polar surface area (TPSA) is 43.1 Å². The van der Waals surface area contributed by atoms with Crippen molar-refractivity contribution in [2.75, 3.05) is 0 Å². The van der Waals surface area contributed by atoms with E-state index in [4.69, 9.17) is 4.42 Å². The molecule has 0 radical (unpaired) electrons. The van der Waals surface area contributed by atoms with Gasteiger partial charge >= 0.3 is 0 Å². The third-order valence-corrected chi connectivity index (χ3v) is 3.89. The Hall–Kier alpha value is -2.94. The molecular weight excluding hydrogens is 274 g/mol. The van der Waals surface area contributed by atoms with Gasteiger partial charge in [0.2, 0.25) is 0 Å². The molecule has 0 aliphatic carbocycles. The van der Waals surface area contributed by atoms with Crippen molar-refractivity contribution in [2.24, 2.45) is 0 Å². The van der Waals surface area contributed by atoms with Crippen LogP contribution in [0.5, 0.6) is 0 Å². The number of rotatable bonds is 1. The van der Waals surface area contributed by atoms with Crippen molar-refractivity contribution in [3.05, 3.63) is 76.6 Å². The van der Waals surface area contributed by atoms with Crippen LogP contribution in [0.25, 0.3) is 33.2 Å². The lowest BCUT2D eigenvalue weighted by Crippen LogP contribution is -2.07. The molecule has 0 fully saturated rings. The Labute approximate surface area is 126 Å². The van der Waals surface area contributed by atoms with Crippen LogP contribution in [-0.4, -0.2) is 4.98 Å². The van der Waals surface area contributed by atoms with E-state index in [1.807, 2.05) is 42.5 Å². The smallest absolute Gasteiger partial charge is 0.196 e. The van der Waals surface area contributed by atoms with Crippen LogP contribution in [0.4, 0.5) is 0 Å². The summed E-state index contributed by atoms with van der Waals surface area (Å²) in [5.41, 5.74) is 1.84. The first-order chi connectivity index (χ1) is 10.7. The van der Waals surface area contributed by atoms with E-state index in [9.17, 15) is 4.79 Å². The van der Waals surface area contributed by atoms with E-state index in [0.717, 1.165) is 10.8 Å². The summed E-state index contributed by atoms with van der Waals surface area (Å²) in [4.78, 5) is 17.0. The Morgan fingerprint density at radius 3 is 2.55 bits per heavy atom. The first-order valence-electron chi connectivity index (χ1n) is 7.11. The lowest BCUT2D eigenvalue weighted by Gasteiger charge is -2.07. The number of benzene rings is 2. The predicted octanol–water partition coefficient (Wildman–Crippen LogP) is 4.32. The molecule has 0 aliphatic heterocycles. The second-order valence-electron chi connectivity index (χ2n) is 5.30. The molecule has 0 saturated carbocycles. The van der Waals surface area contributed by atoms with Crippen LogP contribution in [0.15, 0.2) is 70.0 Å². The molecule has 2 aromatic carbocycles. The van der Waals surface area contributed by atoms with E-state index < -0.39 is 0 Å². The molecule has 0 bridgehead atoms. The van der Waals surface area contributed by atoms with Crippen molar-refractivity contribution in [2.45, 2.75) is 6.92 Å². The molecule has 0 aliphatic rings. The van der Waals surface area contributed by atoms with Crippen LogP contribution in [0.2, 0.25) is 0 Å². The first-order valence-corrected chi connectivity index (χ1v) is 7.11. The molecule has 4 rings (SSSR count). The summed E-state index contributed by atoms with van der Waals surface area (Å²) in [6.45, 7) is 1.78. The van der Waals surface area contributed by atoms with E-state index in [1.54, 1.807) is 25.3 Å². The van der Waals surface area contributed by atoms with Crippen LogP contribution in [0.1, 0.15) is 5.56 Å². The highest BCUT2D eigenvalue weighted by Gasteiger charge is 2.13. The molecule has 0 atom stereocenters. The van der Waals surface area contributed by atoms with Gasteiger partial charge in [0.15, 0.2) is 11.2 Å². The highest BCUT2D eigenvalue weighted by Crippen LogP contribution is 2.26. The quantitative estimate of drug-likeness (QED) is 0.523. The summed E-state index contributed by atoms with van der Waals surface area (Å²) in [6.07, 6.45) is 1.80. The molecule has 4 aromatic rings. The zero-order chi connectivity index (χ0) is 15.1. The van der Waals surface area contributed by atoms with Gasteiger partial charge in [-0.3, -0.25) is 9.78 Å². The summed E-state index contributed by atoms with van der Waals surface area (Å²) in [5, 5.41) is 2.74. The van der Waals surface area contributed by atoms with Gasteiger partial charge < -0.3 is 4.42 Å². The molecule has 0 saturated heterocycles. The highest BCUT2D eigenvalue weighted by molar-refractivity contribution is 5.86. The van der Waals surface area contributed by atoms with Crippen LogP contribution >= 0.6 is 0 Å². The first kappa shape index (κ1) is 12.8. The molecule has 106 valence electrons. The Morgan fingerprint density at radius 1 is 0.955 bits per heavy atom. The maximum atomic E-state index is 12.5. The Kier molecular flexibility index (Phi) is 2.79. The number of nitrogens with zero attached hydrogens (tertiary/aromatic N) is 1. The molecule has 0 amide bonds. The van der Waals surface area contributed by atoms with Gasteiger partial charge in [-0.25, -0.2) is 0 Å². The van der Waals surface area contributed by atoms with Gasteiger partial charge in [0, 0.05) is 17.1 Å². The maximum absolute atomic E-state index is 12.5. The average molecular weight is 287 g/mol. The van der Waals surface area contributed by atoms with Gasteiger partial charge in [0.1, 0.15) is 11.3 Å². The van der Waals surface area contributed by atoms with Crippen molar-refractivity contribution < 1.29 is 4.42 Å². The van der Waals surface area contributed by atoms with Crippen LogP contribution in [0.3, 0.4) is 0 Å². The molecule has 22 heavy (non-hydrogen) atoms. The van der Waals surface area contributed by atoms with Crippen molar-refractivity contribution in [1.29, 1.82) is 0 Å². The minimum absolute atomic E-state index is 0.00758. The summed E-state index contributed by atoms with van der Waals surface area (Å²) in [6, 6.07) is 17.2. The van der Waals surface area contributed by atoms with Gasteiger partial charge in [-0.15, -0.1) is 0 Å². The fourth-order valence-electron chi connectivity index (χ4n) is 2.69. The van der Waals surface area contributed by atoms with Crippen molar-refractivity contribution >= 4 is 21.7 Å².